The molecule has 7 N–H and O–H groups in total. The lowest BCUT2D eigenvalue weighted by Crippen LogP contribution is -2.38. The first-order chi connectivity index (χ1) is 34.2. The van der Waals surface area contributed by atoms with Crippen LogP contribution >= 0.6 is 35.6 Å². The molecule has 0 atom stereocenters. The number of halogens is 9. The lowest BCUT2D eigenvalue weighted by atomic mass is 10.00. The second-order valence-electron chi connectivity index (χ2n) is 15.8. The number of benzene rings is 3. The second kappa shape index (κ2) is 27.6. The van der Waals surface area contributed by atoms with Crippen molar-refractivity contribution in [2.75, 3.05) is 63.2 Å². The van der Waals surface area contributed by atoms with Crippen molar-refractivity contribution >= 4 is 75.9 Å². The number of ether oxygens (including phenoxy) is 1. The molecule has 3 aromatic carbocycles. The summed E-state index contributed by atoms with van der Waals surface area (Å²) >= 11 is 12.6. The summed E-state index contributed by atoms with van der Waals surface area (Å²) in [5, 5.41) is 56.4. The number of anilines is 2. The molecular formula is C48H48Cl3F6N7O9. The summed E-state index contributed by atoms with van der Waals surface area (Å²) in [7, 11) is 0. The lowest BCUT2D eigenvalue weighted by Gasteiger charge is -2.27. The number of aliphatic hydroxyl groups excluding tert-OH is 4. The fourth-order valence-electron chi connectivity index (χ4n) is 6.84. The van der Waals surface area contributed by atoms with E-state index in [2.05, 4.69) is 32.0 Å². The number of nitro groups is 1. The van der Waals surface area contributed by atoms with Gasteiger partial charge < -0.3 is 40.7 Å². The molecule has 16 nitrogen and oxygen atoms in total. The van der Waals surface area contributed by atoms with Gasteiger partial charge in [-0.1, -0.05) is 35.4 Å². The Kier molecular flexibility index (Phi) is 22.4. The molecule has 392 valence electrons. The Hall–Kier alpha value is -6.37. The quantitative estimate of drug-likeness (QED) is 0.0352. The maximum Gasteiger partial charge on any atom is 0.417 e. The molecule has 0 aliphatic carbocycles. The summed E-state index contributed by atoms with van der Waals surface area (Å²) < 4.78 is 80.0. The van der Waals surface area contributed by atoms with E-state index in [1.807, 2.05) is 6.08 Å². The number of hydrogen-bond donors (Lipinski definition) is 7. The summed E-state index contributed by atoms with van der Waals surface area (Å²) in [6.07, 6.45) is -1.26. The number of aliphatic hydroxyl groups is 4. The summed E-state index contributed by atoms with van der Waals surface area (Å²) in [6, 6.07) is 15.8. The van der Waals surface area contributed by atoms with Gasteiger partial charge in [0.15, 0.2) is 0 Å². The van der Waals surface area contributed by atoms with Crippen molar-refractivity contribution in [1.82, 2.24) is 20.2 Å². The monoisotopic (exact) mass is 1090 g/mol. The van der Waals surface area contributed by atoms with Crippen molar-refractivity contribution in [1.29, 1.82) is 0 Å². The van der Waals surface area contributed by atoms with Crippen LogP contribution in [0.4, 0.5) is 53.0 Å². The minimum Gasteiger partial charge on any atom is -0.410 e. The number of pyridine rings is 2. The minimum atomic E-state index is -4.46. The van der Waals surface area contributed by atoms with Crippen LogP contribution in [0.2, 0.25) is 10.0 Å². The number of nitro benzene ring substituents is 1. The second-order valence-corrected chi connectivity index (χ2v) is 16.6. The molecule has 0 unspecified atom stereocenters. The molecule has 4 heterocycles. The van der Waals surface area contributed by atoms with E-state index in [-0.39, 0.29) is 74.1 Å². The molecule has 0 radical (unpaired) electrons. The molecule has 5 aromatic rings. The van der Waals surface area contributed by atoms with Crippen LogP contribution < -0.4 is 20.7 Å². The van der Waals surface area contributed by atoms with Crippen molar-refractivity contribution in [3.8, 4) is 5.75 Å². The molecule has 0 fully saturated rings. The van der Waals surface area contributed by atoms with Gasteiger partial charge in [0.1, 0.15) is 5.75 Å². The predicted molar refractivity (Wildman–Crippen MR) is 264 cm³/mol. The first-order valence-corrected chi connectivity index (χ1v) is 22.5. The normalized spacial score (nSPS) is 13.5. The third-order valence-electron chi connectivity index (χ3n) is 10.9. The predicted octanol–water partition coefficient (Wildman–Crippen LogP) is 9.97. The molecule has 3 amide bonds. The van der Waals surface area contributed by atoms with E-state index in [9.17, 15) is 56.3 Å². The van der Waals surface area contributed by atoms with Crippen LogP contribution in [0.25, 0.3) is 11.1 Å². The van der Waals surface area contributed by atoms with Crippen molar-refractivity contribution in [2.24, 2.45) is 0 Å². The van der Waals surface area contributed by atoms with Gasteiger partial charge in [0.2, 0.25) is 0 Å². The number of carbonyl (C=O) groups is 2. The largest absolute Gasteiger partial charge is 0.417 e. The molecule has 2 aliphatic rings. The molecule has 0 saturated carbocycles. The van der Waals surface area contributed by atoms with Gasteiger partial charge in [-0.3, -0.25) is 25.4 Å². The van der Waals surface area contributed by atoms with Crippen LogP contribution in [0.3, 0.4) is 0 Å². The summed E-state index contributed by atoms with van der Waals surface area (Å²) in [5.41, 5.74) is 3.38. The first-order valence-electron chi connectivity index (χ1n) is 21.7. The third-order valence-corrected chi connectivity index (χ3v) is 11.5. The van der Waals surface area contributed by atoms with Gasteiger partial charge in [0.25, 0.3) is 5.69 Å². The number of nitrogens with zero attached hydrogens (tertiary/aromatic N) is 4. The third kappa shape index (κ3) is 17.4. The summed E-state index contributed by atoms with van der Waals surface area (Å²) in [6.45, 7) is 1.78. The van der Waals surface area contributed by atoms with E-state index in [4.69, 9.17) is 38.2 Å². The summed E-state index contributed by atoms with van der Waals surface area (Å²) in [5.74, 6) is -0.713. The molecular weight excluding hydrogens is 1040 g/mol. The zero-order chi connectivity index (χ0) is 52.6. The number of alkyl halides is 6. The Labute approximate surface area is 429 Å². The highest BCUT2D eigenvalue weighted by molar-refractivity contribution is 6.32. The van der Waals surface area contributed by atoms with E-state index in [1.54, 1.807) is 24.5 Å². The number of urea groups is 1. The Balaban J connectivity index is 0.000000245. The average Bonchev–Trinajstić information content (AvgIpc) is 3.35. The van der Waals surface area contributed by atoms with Gasteiger partial charge in [-0.25, -0.2) is 9.59 Å². The van der Waals surface area contributed by atoms with Crippen LogP contribution in [0.15, 0.2) is 109 Å². The van der Waals surface area contributed by atoms with Crippen LogP contribution in [0, 0.1) is 10.1 Å². The van der Waals surface area contributed by atoms with Gasteiger partial charge in [0.05, 0.1) is 63.9 Å². The SMILES string of the molecule is Cl.O=C(Nc1ccc(C(F)(F)F)cc1)N1CC=C(c2ncc(C(CO)CO)cc2Cl)CC1.O=C(Nc1ccc(C(F)(F)F)cc1)Oc1ccc([N+](=O)[O-])cc1.OCC(CO)c1cnc(C2=CCNCC2)c(Cl)c1. The number of carbonyl (C=O) groups excluding carboxylic acids is 2. The molecule has 2 aromatic heterocycles. The maximum atomic E-state index is 12.6. The number of aromatic nitrogens is 2. The van der Waals surface area contributed by atoms with Crippen LogP contribution in [-0.4, -0.2) is 105 Å². The highest BCUT2D eigenvalue weighted by Gasteiger charge is 2.31. The smallest absolute Gasteiger partial charge is 0.410 e. The lowest BCUT2D eigenvalue weighted by molar-refractivity contribution is -0.384. The first kappa shape index (κ1) is 59.2. The Bertz CT molecular complexity index is 2690. The van der Waals surface area contributed by atoms with Gasteiger partial charge in [0, 0.05) is 67.4 Å². The van der Waals surface area contributed by atoms with Crippen molar-refractivity contribution in [3.63, 3.8) is 0 Å². The minimum absolute atomic E-state index is 0. The Morgan fingerprint density at radius 2 is 1.19 bits per heavy atom. The number of rotatable bonds is 12. The van der Waals surface area contributed by atoms with Gasteiger partial charge >= 0.3 is 24.5 Å². The van der Waals surface area contributed by atoms with Gasteiger partial charge in [-0.2, -0.15) is 26.3 Å². The standard InChI is InChI=1S/C21H21ClF3N3O3.C14H9F3N2O4.C13H17ClN2O2.ClH/c22-18-9-14(15(11-29)12-30)10-26-19(18)13-5-7-28(8-6-13)20(31)27-17-3-1-16(2-4-17)21(23,24)25;15-14(16,17)9-1-3-10(4-2-9)18-13(20)23-12-7-5-11(6-8-12)19(21)22;14-12-5-10(11(7-17)8-18)6-16-13(12)9-1-3-15-4-2-9;/h1-5,9-10,15,29-30H,6-8,11-12H2,(H,27,31);1-8H,(H,18,20);1,5-6,11,15,17-18H,2-4,7-8H2;1H. The zero-order valence-corrected chi connectivity index (χ0v) is 40.5. The van der Waals surface area contributed by atoms with Gasteiger partial charge in [-0.15, -0.1) is 12.4 Å². The highest BCUT2D eigenvalue weighted by atomic mass is 35.5. The molecule has 0 bridgehead atoms. The molecule has 0 saturated heterocycles. The van der Waals surface area contributed by atoms with Crippen molar-refractivity contribution < 1.29 is 66.0 Å². The zero-order valence-electron chi connectivity index (χ0n) is 38.2. The van der Waals surface area contributed by atoms with E-state index in [0.717, 1.165) is 90.4 Å². The summed E-state index contributed by atoms with van der Waals surface area (Å²) in [4.78, 5) is 44.1. The topological polar surface area (TPSA) is 233 Å². The van der Waals surface area contributed by atoms with Crippen molar-refractivity contribution in [2.45, 2.75) is 37.0 Å². The van der Waals surface area contributed by atoms with E-state index in [0.29, 0.717) is 34.3 Å². The molecule has 25 heteroatoms. The molecule has 73 heavy (non-hydrogen) atoms. The van der Waals surface area contributed by atoms with Crippen molar-refractivity contribution in [3.05, 3.63) is 163 Å². The average molecular weight is 1090 g/mol. The highest BCUT2D eigenvalue weighted by Crippen LogP contribution is 2.33. The number of non-ortho nitro benzene ring substituents is 1. The van der Waals surface area contributed by atoms with E-state index in [1.165, 1.54) is 29.2 Å². The Morgan fingerprint density at radius 1 is 0.726 bits per heavy atom. The van der Waals surface area contributed by atoms with Crippen LogP contribution in [-0.2, 0) is 12.4 Å². The number of nitrogens with one attached hydrogen (secondary N) is 3. The maximum absolute atomic E-state index is 12.6. The Morgan fingerprint density at radius 3 is 1.58 bits per heavy atom. The molecule has 2 aliphatic heterocycles. The van der Waals surface area contributed by atoms with E-state index < -0.39 is 46.4 Å². The molecule has 7 rings (SSSR count). The van der Waals surface area contributed by atoms with Gasteiger partial charge in [-0.05, 0) is 114 Å². The number of amides is 3. The van der Waals surface area contributed by atoms with Crippen LogP contribution in [0.1, 0.15) is 58.3 Å². The fraction of sp³-hybridized carbons (Fsp3) is 0.292. The van der Waals surface area contributed by atoms with Crippen LogP contribution in [0.5, 0.6) is 5.75 Å². The fourth-order valence-corrected chi connectivity index (χ4v) is 7.43. The van der Waals surface area contributed by atoms with E-state index >= 15 is 0 Å². The molecule has 0 spiro atoms. The number of hydrogen-bond acceptors (Lipinski definition) is 12.